The van der Waals surface area contributed by atoms with E-state index in [0.29, 0.717) is 19.5 Å². The monoisotopic (exact) mass is 350 g/mol. The van der Waals surface area contributed by atoms with E-state index < -0.39 is 0 Å². The highest BCUT2D eigenvalue weighted by atomic mass is 16.2. The zero-order valence-electron chi connectivity index (χ0n) is 15.5. The number of aryl methyl sites for hydroxylation is 2. The van der Waals surface area contributed by atoms with Gasteiger partial charge in [0.15, 0.2) is 0 Å². The van der Waals surface area contributed by atoms with E-state index in [4.69, 9.17) is 0 Å². The zero-order chi connectivity index (χ0) is 18.5. The molecule has 0 atom stereocenters. The van der Waals surface area contributed by atoms with Gasteiger partial charge in [0.05, 0.1) is 6.42 Å². The normalized spacial score (nSPS) is 14.9. The predicted molar refractivity (Wildman–Crippen MR) is 104 cm³/mol. The van der Waals surface area contributed by atoms with Crippen LogP contribution < -0.4 is 5.32 Å². The number of nitrogens with zero attached hydrogens (tertiary/aromatic N) is 1. The molecule has 26 heavy (non-hydrogen) atoms. The van der Waals surface area contributed by atoms with Gasteiger partial charge in [-0.2, -0.15) is 0 Å². The first-order valence-electron chi connectivity index (χ1n) is 9.22. The van der Waals surface area contributed by atoms with Crippen LogP contribution in [0, 0.1) is 19.8 Å². The van der Waals surface area contributed by atoms with E-state index in [2.05, 4.69) is 11.4 Å². The Labute approximate surface area is 155 Å². The number of piperidine rings is 1. The third-order valence-electron chi connectivity index (χ3n) is 4.94. The van der Waals surface area contributed by atoms with E-state index in [0.717, 1.165) is 29.7 Å². The minimum atomic E-state index is -0.0291. The first-order chi connectivity index (χ1) is 12.5. The lowest BCUT2D eigenvalue weighted by Crippen LogP contribution is -2.42. The second-order valence-corrected chi connectivity index (χ2v) is 7.18. The molecule has 0 saturated carbocycles. The van der Waals surface area contributed by atoms with Crippen molar-refractivity contribution in [3.05, 3.63) is 65.2 Å². The summed E-state index contributed by atoms with van der Waals surface area (Å²) in [5.41, 5.74) is 4.18. The highest BCUT2D eigenvalue weighted by molar-refractivity contribution is 5.92. The standard InChI is InChI=1S/C22H26N2O2/c1-16-5-3-7-18(13-16)15-21(25)24-11-9-19(10-12-24)22(26)23-20-8-4-6-17(2)14-20/h3-8,13-14,19H,9-12,15H2,1-2H3,(H,23,26). The Morgan fingerprint density at radius 1 is 1.00 bits per heavy atom. The van der Waals surface area contributed by atoms with Crippen LogP contribution in [0.1, 0.15) is 29.5 Å². The number of rotatable bonds is 4. The summed E-state index contributed by atoms with van der Waals surface area (Å²) >= 11 is 0. The molecule has 0 aliphatic carbocycles. The quantitative estimate of drug-likeness (QED) is 0.913. The summed E-state index contributed by atoms with van der Waals surface area (Å²) in [4.78, 5) is 26.9. The molecule has 4 heteroatoms. The molecule has 1 aliphatic rings. The maximum absolute atomic E-state index is 12.5. The van der Waals surface area contributed by atoms with Gasteiger partial charge < -0.3 is 10.2 Å². The van der Waals surface area contributed by atoms with Gasteiger partial charge in [0.25, 0.3) is 0 Å². The Bertz CT molecular complexity index is 725. The molecule has 0 aromatic heterocycles. The molecule has 136 valence electrons. The number of nitrogens with one attached hydrogen (secondary N) is 1. The molecule has 1 fully saturated rings. The van der Waals surface area contributed by atoms with Crippen LogP contribution in [0.4, 0.5) is 5.69 Å². The highest BCUT2D eigenvalue weighted by Gasteiger charge is 2.27. The number of benzene rings is 2. The van der Waals surface area contributed by atoms with Crippen molar-refractivity contribution in [2.45, 2.75) is 33.1 Å². The highest BCUT2D eigenvalue weighted by Crippen LogP contribution is 2.21. The lowest BCUT2D eigenvalue weighted by molar-refractivity contribution is -0.133. The van der Waals surface area contributed by atoms with Crippen LogP contribution in [0.5, 0.6) is 0 Å². The maximum atomic E-state index is 12.5. The first-order valence-corrected chi connectivity index (χ1v) is 9.22. The van der Waals surface area contributed by atoms with Gasteiger partial charge in [-0.3, -0.25) is 9.59 Å². The van der Waals surface area contributed by atoms with Gasteiger partial charge in [-0.05, 0) is 49.9 Å². The van der Waals surface area contributed by atoms with Crippen LogP contribution in [0.3, 0.4) is 0 Å². The largest absolute Gasteiger partial charge is 0.342 e. The van der Waals surface area contributed by atoms with E-state index in [1.807, 2.05) is 61.2 Å². The van der Waals surface area contributed by atoms with Crippen molar-refractivity contribution in [1.29, 1.82) is 0 Å². The van der Waals surface area contributed by atoms with Gasteiger partial charge in [0.1, 0.15) is 0 Å². The molecule has 0 radical (unpaired) electrons. The molecule has 0 unspecified atom stereocenters. The van der Waals surface area contributed by atoms with Crippen LogP contribution in [0.15, 0.2) is 48.5 Å². The van der Waals surface area contributed by atoms with Gasteiger partial charge in [-0.1, -0.05) is 42.0 Å². The van der Waals surface area contributed by atoms with Crippen molar-refractivity contribution < 1.29 is 9.59 Å². The number of carbonyl (C=O) groups excluding carboxylic acids is 2. The Morgan fingerprint density at radius 3 is 2.31 bits per heavy atom. The summed E-state index contributed by atoms with van der Waals surface area (Å²) in [6, 6.07) is 15.9. The van der Waals surface area contributed by atoms with E-state index >= 15 is 0 Å². The van der Waals surface area contributed by atoms with Crippen molar-refractivity contribution in [3.8, 4) is 0 Å². The van der Waals surface area contributed by atoms with Crippen LogP contribution in [-0.2, 0) is 16.0 Å². The Morgan fingerprint density at radius 2 is 1.65 bits per heavy atom. The Balaban J connectivity index is 1.50. The molecule has 4 nitrogen and oxygen atoms in total. The number of likely N-dealkylation sites (tertiary alicyclic amines) is 1. The zero-order valence-corrected chi connectivity index (χ0v) is 15.5. The summed E-state index contributed by atoms with van der Waals surface area (Å²) in [6.45, 7) is 5.34. The number of anilines is 1. The fourth-order valence-corrected chi connectivity index (χ4v) is 3.47. The van der Waals surface area contributed by atoms with Gasteiger partial charge in [0.2, 0.25) is 11.8 Å². The topological polar surface area (TPSA) is 49.4 Å². The van der Waals surface area contributed by atoms with E-state index in [1.165, 1.54) is 5.56 Å². The van der Waals surface area contributed by atoms with Gasteiger partial charge in [-0.15, -0.1) is 0 Å². The van der Waals surface area contributed by atoms with E-state index in [9.17, 15) is 9.59 Å². The van der Waals surface area contributed by atoms with Crippen molar-refractivity contribution in [3.63, 3.8) is 0 Å². The van der Waals surface area contributed by atoms with Crippen molar-refractivity contribution in [1.82, 2.24) is 4.90 Å². The molecule has 2 aromatic carbocycles. The summed E-state index contributed by atoms with van der Waals surface area (Å²) < 4.78 is 0. The fourth-order valence-electron chi connectivity index (χ4n) is 3.47. The van der Waals surface area contributed by atoms with Crippen LogP contribution in [0.25, 0.3) is 0 Å². The molecule has 2 amide bonds. The molecular formula is C22H26N2O2. The smallest absolute Gasteiger partial charge is 0.227 e. The average Bonchev–Trinajstić information content (AvgIpc) is 2.62. The number of hydrogen-bond acceptors (Lipinski definition) is 2. The number of amides is 2. The lowest BCUT2D eigenvalue weighted by atomic mass is 9.95. The second-order valence-electron chi connectivity index (χ2n) is 7.18. The third kappa shape index (κ3) is 4.72. The predicted octanol–water partition coefficient (Wildman–Crippen LogP) is 3.72. The van der Waals surface area contributed by atoms with Crippen LogP contribution in [0.2, 0.25) is 0 Å². The van der Waals surface area contributed by atoms with E-state index in [1.54, 1.807) is 0 Å². The van der Waals surface area contributed by atoms with Crippen LogP contribution >= 0.6 is 0 Å². The molecule has 3 rings (SSSR count). The average molecular weight is 350 g/mol. The molecular weight excluding hydrogens is 324 g/mol. The molecule has 0 spiro atoms. The molecule has 1 saturated heterocycles. The molecule has 1 aliphatic heterocycles. The Kier molecular flexibility index (Phi) is 5.71. The molecule has 0 bridgehead atoms. The summed E-state index contributed by atoms with van der Waals surface area (Å²) in [5.74, 6) is 0.174. The summed E-state index contributed by atoms with van der Waals surface area (Å²) in [7, 11) is 0. The lowest BCUT2D eigenvalue weighted by Gasteiger charge is -2.31. The molecule has 2 aromatic rings. The van der Waals surface area contributed by atoms with Gasteiger partial charge in [0, 0.05) is 24.7 Å². The minimum Gasteiger partial charge on any atom is -0.342 e. The van der Waals surface area contributed by atoms with Crippen molar-refractivity contribution >= 4 is 17.5 Å². The number of carbonyl (C=O) groups is 2. The maximum Gasteiger partial charge on any atom is 0.227 e. The first kappa shape index (κ1) is 18.2. The van der Waals surface area contributed by atoms with E-state index in [-0.39, 0.29) is 17.7 Å². The molecule has 1 heterocycles. The minimum absolute atomic E-state index is 0.0291. The summed E-state index contributed by atoms with van der Waals surface area (Å²) in [6.07, 6.45) is 1.87. The Hall–Kier alpha value is -2.62. The van der Waals surface area contributed by atoms with Crippen LogP contribution in [-0.4, -0.2) is 29.8 Å². The second kappa shape index (κ2) is 8.17. The van der Waals surface area contributed by atoms with Crippen molar-refractivity contribution in [2.24, 2.45) is 5.92 Å². The fraction of sp³-hybridized carbons (Fsp3) is 0.364. The SMILES string of the molecule is Cc1cccc(CC(=O)N2CCC(C(=O)Nc3cccc(C)c3)CC2)c1. The van der Waals surface area contributed by atoms with Gasteiger partial charge >= 0.3 is 0 Å². The molecule has 1 N–H and O–H groups in total. The van der Waals surface area contributed by atoms with Crippen molar-refractivity contribution in [2.75, 3.05) is 18.4 Å². The van der Waals surface area contributed by atoms with Gasteiger partial charge in [-0.25, -0.2) is 0 Å². The third-order valence-corrected chi connectivity index (χ3v) is 4.94. The number of hydrogen-bond donors (Lipinski definition) is 1. The summed E-state index contributed by atoms with van der Waals surface area (Å²) in [5, 5.41) is 3.00.